The number of aromatic nitrogens is 2. The maximum absolute atomic E-state index is 4.42. The summed E-state index contributed by atoms with van der Waals surface area (Å²) < 4.78 is 2.04. The van der Waals surface area contributed by atoms with Crippen LogP contribution in [0.2, 0.25) is 0 Å². The minimum absolute atomic E-state index is 0.356. The first-order valence-corrected chi connectivity index (χ1v) is 7.08. The third-order valence-corrected chi connectivity index (χ3v) is 3.92. The lowest BCUT2D eigenvalue weighted by molar-refractivity contribution is 0.226. The maximum Gasteiger partial charge on any atom is 0.0537 e. The Bertz CT molecular complexity index is 349. The molecule has 1 N–H and O–H groups in total. The Morgan fingerprint density at radius 3 is 2.56 bits per heavy atom. The fourth-order valence-electron chi connectivity index (χ4n) is 2.04. The molecule has 3 nitrogen and oxygen atoms in total. The van der Waals surface area contributed by atoms with Crippen molar-refractivity contribution in [1.29, 1.82) is 0 Å². The number of hydrogen-bond acceptors (Lipinski definition) is 2. The largest absolute Gasteiger partial charge is 0.313 e. The second-order valence-electron chi connectivity index (χ2n) is 6.38. The zero-order chi connectivity index (χ0) is 13.8. The molecule has 18 heavy (non-hydrogen) atoms. The topological polar surface area (TPSA) is 29.9 Å². The van der Waals surface area contributed by atoms with Gasteiger partial charge in [0, 0.05) is 24.3 Å². The molecule has 0 radical (unpaired) electrons. The standard InChI is InChI=1S/C15H29N3/c1-7-8-18-11-13(10-17-18)14(16-6)9-12(2)15(3,4)5/h10-12,14,16H,7-9H2,1-6H3. The van der Waals surface area contributed by atoms with Crippen LogP contribution in [0, 0.1) is 11.3 Å². The fraction of sp³-hybridized carbons (Fsp3) is 0.800. The van der Waals surface area contributed by atoms with Crippen molar-refractivity contribution in [3.8, 4) is 0 Å². The summed E-state index contributed by atoms with van der Waals surface area (Å²) in [6, 6.07) is 0.407. The zero-order valence-electron chi connectivity index (χ0n) is 12.8. The normalized spacial score (nSPS) is 15.7. The lowest BCUT2D eigenvalue weighted by Gasteiger charge is -2.30. The van der Waals surface area contributed by atoms with Gasteiger partial charge in [-0.05, 0) is 31.2 Å². The van der Waals surface area contributed by atoms with Crippen LogP contribution in [0.3, 0.4) is 0 Å². The van der Waals surface area contributed by atoms with E-state index in [1.54, 1.807) is 0 Å². The molecule has 0 aliphatic heterocycles. The Morgan fingerprint density at radius 1 is 1.39 bits per heavy atom. The van der Waals surface area contributed by atoms with Gasteiger partial charge in [-0.1, -0.05) is 34.6 Å². The highest BCUT2D eigenvalue weighted by Crippen LogP contribution is 2.32. The van der Waals surface area contributed by atoms with Crippen LogP contribution in [0.5, 0.6) is 0 Å². The van der Waals surface area contributed by atoms with Crippen molar-refractivity contribution in [2.45, 2.75) is 60.0 Å². The van der Waals surface area contributed by atoms with E-state index in [2.05, 4.69) is 51.2 Å². The predicted octanol–water partition coefficient (Wildman–Crippen LogP) is 3.63. The molecule has 0 spiro atoms. The van der Waals surface area contributed by atoms with Crippen LogP contribution in [0.15, 0.2) is 12.4 Å². The Hall–Kier alpha value is -0.830. The summed E-state index contributed by atoms with van der Waals surface area (Å²) >= 11 is 0. The third-order valence-electron chi connectivity index (χ3n) is 3.92. The van der Waals surface area contributed by atoms with E-state index >= 15 is 0 Å². The van der Waals surface area contributed by atoms with Crippen LogP contribution in [0.25, 0.3) is 0 Å². The Kier molecular flexibility index (Phi) is 5.39. The highest BCUT2D eigenvalue weighted by molar-refractivity contribution is 5.10. The second-order valence-corrected chi connectivity index (χ2v) is 6.38. The SMILES string of the molecule is CCCn1cc(C(CC(C)C(C)(C)C)NC)cn1. The first-order valence-electron chi connectivity index (χ1n) is 7.08. The molecule has 0 fully saturated rings. The molecule has 2 atom stereocenters. The molecule has 0 aliphatic carbocycles. The molecule has 1 aromatic heterocycles. The van der Waals surface area contributed by atoms with Crippen LogP contribution in [0.4, 0.5) is 0 Å². The van der Waals surface area contributed by atoms with E-state index < -0.39 is 0 Å². The molecule has 0 bridgehead atoms. The zero-order valence-corrected chi connectivity index (χ0v) is 12.8. The maximum atomic E-state index is 4.42. The molecule has 1 aromatic rings. The Labute approximate surface area is 112 Å². The lowest BCUT2D eigenvalue weighted by Crippen LogP contribution is -2.25. The van der Waals surface area contributed by atoms with Gasteiger partial charge in [0.05, 0.1) is 6.20 Å². The summed E-state index contributed by atoms with van der Waals surface area (Å²) in [5.41, 5.74) is 1.66. The summed E-state index contributed by atoms with van der Waals surface area (Å²) in [4.78, 5) is 0. The highest BCUT2D eigenvalue weighted by atomic mass is 15.3. The van der Waals surface area contributed by atoms with Gasteiger partial charge in [-0.2, -0.15) is 5.10 Å². The van der Waals surface area contributed by atoms with E-state index in [9.17, 15) is 0 Å². The molecule has 0 aromatic carbocycles. The molecular formula is C15H29N3. The van der Waals surface area contributed by atoms with Gasteiger partial charge in [0.25, 0.3) is 0 Å². The molecule has 2 unspecified atom stereocenters. The van der Waals surface area contributed by atoms with E-state index in [4.69, 9.17) is 0 Å². The van der Waals surface area contributed by atoms with Gasteiger partial charge in [-0.15, -0.1) is 0 Å². The van der Waals surface area contributed by atoms with Crippen LogP contribution in [-0.2, 0) is 6.54 Å². The minimum Gasteiger partial charge on any atom is -0.313 e. The van der Waals surface area contributed by atoms with Crippen LogP contribution in [-0.4, -0.2) is 16.8 Å². The van der Waals surface area contributed by atoms with Crippen molar-refractivity contribution in [2.24, 2.45) is 11.3 Å². The summed E-state index contributed by atoms with van der Waals surface area (Å²) in [5, 5.41) is 7.84. The molecular weight excluding hydrogens is 222 g/mol. The average molecular weight is 251 g/mol. The van der Waals surface area contributed by atoms with E-state index in [-0.39, 0.29) is 0 Å². The second kappa shape index (κ2) is 6.37. The summed E-state index contributed by atoms with van der Waals surface area (Å²) in [5.74, 6) is 0.671. The number of rotatable bonds is 6. The summed E-state index contributed by atoms with van der Waals surface area (Å²) in [6.45, 7) is 12.4. The lowest BCUT2D eigenvalue weighted by atomic mass is 9.78. The first-order chi connectivity index (χ1) is 8.38. The smallest absolute Gasteiger partial charge is 0.0537 e. The molecule has 1 heterocycles. The van der Waals surface area contributed by atoms with Gasteiger partial charge < -0.3 is 5.32 Å². The minimum atomic E-state index is 0.356. The van der Waals surface area contributed by atoms with Crippen LogP contribution < -0.4 is 5.32 Å². The van der Waals surface area contributed by atoms with E-state index in [1.165, 1.54) is 5.56 Å². The van der Waals surface area contributed by atoms with Crippen molar-refractivity contribution in [2.75, 3.05) is 7.05 Å². The average Bonchev–Trinajstić information content (AvgIpc) is 2.73. The van der Waals surface area contributed by atoms with E-state index in [1.807, 2.05) is 17.9 Å². The molecule has 0 saturated carbocycles. The predicted molar refractivity (Wildman–Crippen MR) is 77.6 cm³/mol. The Morgan fingerprint density at radius 2 is 2.06 bits per heavy atom. The van der Waals surface area contributed by atoms with Crippen molar-refractivity contribution in [3.63, 3.8) is 0 Å². The van der Waals surface area contributed by atoms with Gasteiger partial charge in [0.15, 0.2) is 0 Å². The van der Waals surface area contributed by atoms with Crippen molar-refractivity contribution >= 4 is 0 Å². The van der Waals surface area contributed by atoms with Gasteiger partial charge in [0.2, 0.25) is 0 Å². The van der Waals surface area contributed by atoms with Crippen molar-refractivity contribution in [1.82, 2.24) is 15.1 Å². The summed E-state index contributed by atoms with van der Waals surface area (Å²) in [7, 11) is 2.04. The van der Waals surface area contributed by atoms with Crippen LogP contribution >= 0.6 is 0 Å². The Balaban J connectivity index is 2.70. The molecule has 0 amide bonds. The molecule has 0 saturated heterocycles. The van der Waals surface area contributed by atoms with Gasteiger partial charge >= 0.3 is 0 Å². The number of aryl methyl sites for hydroxylation is 1. The van der Waals surface area contributed by atoms with Crippen molar-refractivity contribution in [3.05, 3.63) is 18.0 Å². The highest BCUT2D eigenvalue weighted by Gasteiger charge is 2.24. The number of nitrogens with one attached hydrogen (secondary N) is 1. The summed E-state index contributed by atoms with van der Waals surface area (Å²) in [6.07, 6.45) is 6.47. The molecule has 104 valence electrons. The molecule has 3 heteroatoms. The third kappa shape index (κ3) is 4.13. The number of nitrogens with zero attached hydrogens (tertiary/aromatic N) is 2. The fourth-order valence-corrected chi connectivity index (χ4v) is 2.04. The van der Waals surface area contributed by atoms with Gasteiger partial charge in [-0.25, -0.2) is 0 Å². The monoisotopic (exact) mass is 251 g/mol. The quantitative estimate of drug-likeness (QED) is 0.836. The van der Waals surface area contributed by atoms with Gasteiger partial charge in [-0.3, -0.25) is 4.68 Å². The number of hydrogen-bond donors (Lipinski definition) is 1. The van der Waals surface area contributed by atoms with E-state index in [0.717, 1.165) is 19.4 Å². The van der Waals surface area contributed by atoms with Gasteiger partial charge in [0.1, 0.15) is 0 Å². The molecule has 1 rings (SSSR count). The van der Waals surface area contributed by atoms with Crippen molar-refractivity contribution < 1.29 is 0 Å². The van der Waals surface area contributed by atoms with E-state index in [0.29, 0.717) is 17.4 Å². The van der Waals surface area contributed by atoms with Crippen LogP contribution in [0.1, 0.15) is 59.1 Å². The molecule has 0 aliphatic rings. The first kappa shape index (κ1) is 15.2.